The fraction of sp³-hybridized carbons (Fsp3) is 0.538. The summed E-state index contributed by atoms with van der Waals surface area (Å²) in [5, 5.41) is 4.09. The molecule has 0 spiro atoms. The first-order chi connectivity index (χ1) is 8.54. The van der Waals surface area contributed by atoms with Gasteiger partial charge in [-0.05, 0) is 35.0 Å². The number of halogens is 2. The zero-order valence-electron chi connectivity index (χ0n) is 10.6. The van der Waals surface area contributed by atoms with Crippen LogP contribution in [0.3, 0.4) is 0 Å². The fourth-order valence-electron chi connectivity index (χ4n) is 1.84. The molecular formula is C13H17BrClNO2. The van der Waals surface area contributed by atoms with Gasteiger partial charge in [0.2, 0.25) is 0 Å². The van der Waals surface area contributed by atoms with Crippen LogP contribution >= 0.6 is 27.5 Å². The molecule has 100 valence electrons. The summed E-state index contributed by atoms with van der Waals surface area (Å²) in [5.41, 5.74) is 1.13. The van der Waals surface area contributed by atoms with E-state index in [1.54, 1.807) is 0 Å². The number of hydrogen-bond donors (Lipinski definition) is 1. The number of ether oxygens (including phenoxy) is 2. The van der Waals surface area contributed by atoms with E-state index in [4.69, 9.17) is 21.1 Å². The van der Waals surface area contributed by atoms with Crippen LogP contribution in [0.25, 0.3) is 0 Å². The second kappa shape index (κ2) is 5.68. The Balaban J connectivity index is 2.14. The number of hydrogen-bond acceptors (Lipinski definition) is 3. The van der Waals surface area contributed by atoms with E-state index >= 15 is 0 Å². The van der Waals surface area contributed by atoms with Crippen molar-refractivity contribution in [3.8, 4) is 5.75 Å². The lowest BCUT2D eigenvalue weighted by Crippen LogP contribution is -2.45. The van der Waals surface area contributed by atoms with Gasteiger partial charge in [0.1, 0.15) is 0 Å². The van der Waals surface area contributed by atoms with Gasteiger partial charge in [0.05, 0.1) is 30.0 Å². The maximum Gasteiger partial charge on any atom is 0.156 e. The van der Waals surface area contributed by atoms with E-state index in [1.807, 2.05) is 19.1 Å². The molecule has 0 aromatic heterocycles. The van der Waals surface area contributed by atoms with Crippen LogP contribution in [0, 0.1) is 5.41 Å². The molecule has 1 aromatic rings. The minimum Gasteiger partial charge on any atom is -0.491 e. The molecule has 1 aliphatic rings. The van der Waals surface area contributed by atoms with Crippen molar-refractivity contribution in [2.24, 2.45) is 5.41 Å². The van der Waals surface area contributed by atoms with E-state index in [-0.39, 0.29) is 5.41 Å². The second-order valence-electron chi connectivity index (χ2n) is 4.85. The Bertz CT molecular complexity index is 435. The lowest BCUT2D eigenvalue weighted by molar-refractivity contribution is -0.0924. The van der Waals surface area contributed by atoms with Crippen molar-refractivity contribution in [3.63, 3.8) is 0 Å². The highest BCUT2D eigenvalue weighted by atomic mass is 79.9. The standard InChI is InChI=1S/C13H17BrClNO2/c1-3-18-12-10(14)4-9(15)5-11(12)16-6-13(2)7-17-8-13/h4-5,16H,3,6-8H2,1-2H3. The summed E-state index contributed by atoms with van der Waals surface area (Å²) in [6, 6.07) is 3.73. The summed E-state index contributed by atoms with van der Waals surface area (Å²) >= 11 is 9.55. The normalized spacial score (nSPS) is 17.1. The molecular weight excluding hydrogens is 318 g/mol. The van der Waals surface area contributed by atoms with Gasteiger partial charge in [-0.2, -0.15) is 0 Å². The fourth-order valence-corrected chi connectivity index (χ4v) is 2.77. The van der Waals surface area contributed by atoms with Crippen molar-refractivity contribution in [3.05, 3.63) is 21.6 Å². The summed E-state index contributed by atoms with van der Waals surface area (Å²) in [5.74, 6) is 0.811. The van der Waals surface area contributed by atoms with Gasteiger partial charge >= 0.3 is 0 Å². The van der Waals surface area contributed by atoms with Gasteiger partial charge < -0.3 is 14.8 Å². The molecule has 0 atom stereocenters. The van der Waals surface area contributed by atoms with Crippen LogP contribution in [0.1, 0.15) is 13.8 Å². The Morgan fingerprint density at radius 1 is 1.50 bits per heavy atom. The summed E-state index contributed by atoms with van der Waals surface area (Å²) in [7, 11) is 0. The van der Waals surface area contributed by atoms with Gasteiger partial charge in [0, 0.05) is 17.0 Å². The highest BCUT2D eigenvalue weighted by Gasteiger charge is 2.33. The molecule has 1 fully saturated rings. The highest BCUT2D eigenvalue weighted by molar-refractivity contribution is 9.10. The third-order valence-electron chi connectivity index (χ3n) is 2.90. The smallest absolute Gasteiger partial charge is 0.156 e. The van der Waals surface area contributed by atoms with Crippen LogP contribution in [0.4, 0.5) is 5.69 Å². The summed E-state index contributed by atoms with van der Waals surface area (Å²) in [6.45, 7) is 7.22. The minimum absolute atomic E-state index is 0.207. The topological polar surface area (TPSA) is 30.5 Å². The van der Waals surface area contributed by atoms with E-state index in [9.17, 15) is 0 Å². The highest BCUT2D eigenvalue weighted by Crippen LogP contribution is 2.37. The number of benzene rings is 1. The quantitative estimate of drug-likeness (QED) is 0.884. The lowest BCUT2D eigenvalue weighted by Gasteiger charge is -2.38. The van der Waals surface area contributed by atoms with Crippen LogP contribution in [-0.4, -0.2) is 26.4 Å². The van der Waals surface area contributed by atoms with E-state index in [0.717, 1.165) is 35.7 Å². The van der Waals surface area contributed by atoms with Crippen LogP contribution in [0.15, 0.2) is 16.6 Å². The van der Waals surface area contributed by atoms with Crippen LogP contribution in [0.5, 0.6) is 5.75 Å². The van der Waals surface area contributed by atoms with Crippen LogP contribution in [0.2, 0.25) is 5.02 Å². The lowest BCUT2D eigenvalue weighted by atomic mass is 9.88. The molecule has 0 bridgehead atoms. The molecule has 5 heteroatoms. The number of anilines is 1. The van der Waals surface area contributed by atoms with Crippen molar-refractivity contribution < 1.29 is 9.47 Å². The largest absolute Gasteiger partial charge is 0.491 e. The first kappa shape index (κ1) is 14.0. The predicted octanol–water partition coefficient (Wildman–Crippen LogP) is 3.95. The Morgan fingerprint density at radius 2 is 2.22 bits per heavy atom. The Hall–Kier alpha value is -0.450. The van der Waals surface area contributed by atoms with Crippen molar-refractivity contribution in [1.29, 1.82) is 0 Å². The third kappa shape index (κ3) is 3.11. The first-order valence-corrected chi connectivity index (χ1v) is 7.15. The van der Waals surface area contributed by atoms with Gasteiger partial charge in [-0.15, -0.1) is 0 Å². The molecule has 1 N–H and O–H groups in total. The van der Waals surface area contributed by atoms with Crippen molar-refractivity contribution in [2.45, 2.75) is 13.8 Å². The monoisotopic (exact) mass is 333 g/mol. The van der Waals surface area contributed by atoms with Gasteiger partial charge in [-0.3, -0.25) is 0 Å². The van der Waals surface area contributed by atoms with Gasteiger partial charge in [0.25, 0.3) is 0 Å². The zero-order chi connectivity index (χ0) is 13.2. The van der Waals surface area contributed by atoms with Crippen molar-refractivity contribution in [1.82, 2.24) is 0 Å². The Labute approximate surface area is 121 Å². The van der Waals surface area contributed by atoms with Crippen molar-refractivity contribution in [2.75, 3.05) is 31.7 Å². The van der Waals surface area contributed by atoms with Gasteiger partial charge in [-0.25, -0.2) is 0 Å². The third-order valence-corrected chi connectivity index (χ3v) is 3.71. The molecule has 0 aliphatic carbocycles. The first-order valence-electron chi connectivity index (χ1n) is 5.97. The molecule has 1 saturated heterocycles. The molecule has 0 unspecified atom stereocenters. The van der Waals surface area contributed by atoms with Gasteiger partial charge in [-0.1, -0.05) is 18.5 Å². The van der Waals surface area contributed by atoms with Crippen LogP contribution < -0.4 is 10.1 Å². The predicted molar refractivity (Wildman–Crippen MR) is 77.7 cm³/mol. The summed E-state index contributed by atoms with van der Waals surface area (Å²) in [4.78, 5) is 0. The second-order valence-corrected chi connectivity index (χ2v) is 6.15. The summed E-state index contributed by atoms with van der Waals surface area (Å²) < 4.78 is 11.8. The van der Waals surface area contributed by atoms with E-state index in [1.165, 1.54) is 0 Å². The minimum atomic E-state index is 0.207. The molecule has 1 aromatic carbocycles. The van der Waals surface area contributed by atoms with E-state index in [2.05, 4.69) is 28.2 Å². The molecule has 2 rings (SSSR count). The molecule has 0 amide bonds. The number of rotatable bonds is 5. The maximum absolute atomic E-state index is 6.07. The molecule has 1 heterocycles. The SMILES string of the molecule is CCOc1c(Br)cc(Cl)cc1NCC1(C)COC1. The van der Waals surface area contributed by atoms with E-state index in [0.29, 0.717) is 11.6 Å². The molecule has 1 aliphatic heterocycles. The van der Waals surface area contributed by atoms with Gasteiger partial charge in [0.15, 0.2) is 5.75 Å². The molecule has 0 saturated carbocycles. The van der Waals surface area contributed by atoms with Crippen LogP contribution in [-0.2, 0) is 4.74 Å². The average Bonchev–Trinajstić information content (AvgIpc) is 2.28. The molecule has 18 heavy (non-hydrogen) atoms. The van der Waals surface area contributed by atoms with E-state index < -0.39 is 0 Å². The summed E-state index contributed by atoms with van der Waals surface area (Å²) in [6.07, 6.45) is 0. The Kier molecular flexibility index (Phi) is 4.41. The Morgan fingerprint density at radius 3 is 2.78 bits per heavy atom. The zero-order valence-corrected chi connectivity index (χ0v) is 12.9. The number of nitrogens with one attached hydrogen (secondary N) is 1. The molecule has 3 nitrogen and oxygen atoms in total. The average molecular weight is 335 g/mol. The maximum atomic E-state index is 6.07. The van der Waals surface area contributed by atoms with Crippen molar-refractivity contribution >= 4 is 33.2 Å². The molecule has 0 radical (unpaired) electrons.